The SMILES string of the molecule is O=C(Cl)C1CC2(CCC2)C1. The lowest BCUT2D eigenvalue weighted by molar-refractivity contribution is -0.126. The Labute approximate surface area is 65.7 Å². The van der Waals surface area contributed by atoms with Crippen molar-refractivity contribution in [2.75, 3.05) is 0 Å². The molecule has 2 saturated carbocycles. The largest absolute Gasteiger partial charge is 0.281 e. The first-order valence-corrected chi connectivity index (χ1v) is 4.29. The number of hydrogen-bond acceptors (Lipinski definition) is 1. The molecule has 0 bridgehead atoms. The third kappa shape index (κ3) is 0.800. The van der Waals surface area contributed by atoms with Crippen molar-refractivity contribution in [2.24, 2.45) is 11.3 Å². The Kier molecular flexibility index (Phi) is 1.31. The Balaban J connectivity index is 1.88. The molecule has 0 aliphatic heterocycles. The van der Waals surface area contributed by atoms with Crippen molar-refractivity contribution in [1.29, 1.82) is 0 Å². The Morgan fingerprint density at radius 2 is 2.00 bits per heavy atom. The summed E-state index contributed by atoms with van der Waals surface area (Å²) in [5, 5.41) is -0.113. The monoisotopic (exact) mass is 158 g/mol. The van der Waals surface area contributed by atoms with Gasteiger partial charge in [-0.1, -0.05) is 6.42 Å². The highest BCUT2D eigenvalue weighted by molar-refractivity contribution is 6.64. The molecule has 0 N–H and O–H groups in total. The Morgan fingerprint density at radius 3 is 2.30 bits per heavy atom. The van der Waals surface area contributed by atoms with Gasteiger partial charge < -0.3 is 0 Å². The summed E-state index contributed by atoms with van der Waals surface area (Å²) in [7, 11) is 0. The predicted octanol–water partition coefficient (Wildman–Crippen LogP) is 2.33. The zero-order valence-electron chi connectivity index (χ0n) is 5.90. The molecule has 10 heavy (non-hydrogen) atoms. The van der Waals surface area contributed by atoms with Crippen molar-refractivity contribution in [3.8, 4) is 0 Å². The summed E-state index contributed by atoms with van der Waals surface area (Å²) < 4.78 is 0. The minimum atomic E-state index is -0.113. The highest BCUT2D eigenvalue weighted by Gasteiger charge is 2.49. The van der Waals surface area contributed by atoms with E-state index < -0.39 is 0 Å². The van der Waals surface area contributed by atoms with E-state index in [0.717, 1.165) is 12.8 Å². The van der Waals surface area contributed by atoms with Crippen molar-refractivity contribution in [1.82, 2.24) is 0 Å². The van der Waals surface area contributed by atoms with E-state index in [2.05, 4.69) is 0 Å². The summed E-state index contributed by atoms with van der Waals surface area (Å²) in [6.45, 7) is 0. The van der Waals surface area contributed by atoms with Crippen molar-refractivity contribution in [3.63, 3.8) is 0 Å². The summed E-state index contributed by atoms with van der Waals surface area (Å²) in [5.41, 5.74) is 0.592. The van der Waals surface area contributed by atoms with Crippen LogP contribution in [0.2, 0.25) is 0 Å². The molecule has 0 heterocycles. The van der Waals surface area contributed by atoms with Crippen LogP contribution in [0.1, 0.15) is 32.1 Å². The van der Waals surface area contributed by atoms with Gasteiger partial charge in [-0.2, -0.15) is 0 Å². The van der Waals surface area contributed by atoms with E-state index in [1.54, 1.807) is 0 Å². The van der Waals surface area contributed by atoms with Gasteiger partial charge in [0.2, 0.25) is 5.24 Å². The van der Waals surface area contributed by atoms with Crippen LogP contribution in [0, 0.1) is 11.3 Å². The first-order valence-electron chi connectivity index (χ1n) is 3.91. The average Bonchev–Trinajstić information content (AvgIpc) is 1.54. The molecule has 0 saturated heterocycles. The minimum Gasteiger partial charge on any atom is -0.281 e. The third-order valence-electron chi connectivity index (χ3n) is 3.09. The standard InChI is InChI=1S/C8H11ClO/c9-7(10)6-4-8(5-6)2-1-3-8/h6H,1-5H2. The molecule has 0 unspecified atom stereocenters. The van der Waals surface area contributed by atoms with E-state index in [-0.39, 0.29) is 11.2 Å². The fourth-order valence-electron chi connectivity index (χ4n) is 2.23. The van der Waals surface area contributed by atoms with E-state index in [0.29, 0.717) is 5.41 Å². The molecule has 0 aromatic heterocycles. The lowest BCUT2D eigenvalue weighted by Crippen LogP contribution is -2.44. The Bertz CT molecular complexity index is 164. The first-order chi connectivity index (χ1) is 4.72. The molecule has 2 aliphatic carbocycles. The zero-order chi connectivity index (χ0) is 7.19. The molecule has 2 heteroatoms. The molecule has 1 nitrogen and oxygen atoms in total. The highest BCUT2D eigenvalue weighted by atomic mass is 35.5. The zero-order valence-corrected chi connectivity index (χ0v) is 6.66. The Morgan fingerprint density at radius 1 is 1.40 bits per heavy atom. The molecule has 0 radical (unpaired) electrons. The van der Waals surface area contributed by atoms with Gasteiger partial charge in [-0.05, 0) is 42.7 Å². The fraction of sp³-hybridized carbons (Fsp3) is 0.875. The van der Waals surface area contributed by atoms with Gasteiger partial charge in [0.05, 0.1) is 0 Å². The maximum absolute atomic E-state index is 10.6. The van der Waals surface area contributed by atoms with Crippen molar-refractivity contribution in [3.05, 3.63) is 0 Å². The Hall–Kier alpha value is -0.0400. The third-order valence-corrected chi connectivity index (χ3v) is 3.40. The minimum absolute atomic E-state index is 0.113. The van der Waals surface area contributed by atoms with Crippen LogP contribution < -0.4 is 0 Å². The molecular weight excluding hydrogens is 148 g/mol. The van der Waals surface area contributed by atoms with Gasteiger partial charge in [0.25, 0.3) is 0 Å². The average molecular weight is 159 g/mol. The number of hydrogen-bond donors (Lipinski definition) is 0. The van der Waals surface area contributed by atoms with Crippen LogP contribution in [-0.4, -0.2) is 5.24 Å². The van der Waals surface area contributed by atoms with Crippen LogP contribution in [0.5, 0.6) is 0 Å². The predicted molar refractivity (Wildman–Crippen MR) is 39.9 cm³/mol. The summed E-state index contributed by atoms with van der Waals surface area (Å²) in [6.07, 6.45) is 6.20. The van der Waals surface area contributed by atoms with Crippen molar-refractivity contribution >= 4 is 16.8 Å². The van der Waals surface area contributed by atoms with Gasteiger partial charge in [0.1, 0.15) is 0 Å². The van der Waals surface area contributed by atoms with Gasteiger partial charge in [-0.15, -0.1) is 0 Å². The molecule has 0 aromatic rings. The van der Waals surface area contributed by atoms with E-state index >= 15 is 0 Å². The van der Waals surface area contributed by atoms with E-state index in [4.69, 9.17) is 11.6 Å². The van der Waals surface area contributed by atoms with Crippen molar-refractivity contribution in [2.45, 2.75) is 32.1 Å². The topological polar surface area (TPSA) is 17.1 Å². The molecule has 2 fully saturated rings. The number of rotatable bonds is 1. The summed E-state index contributed by atoms with van der Waals surface area (Å²) >= 11 is 5.35. The van der Waals surface area contributed by atoms with Crippen LogP contribution >= 0.6 is 11.6 Å². The summed E-state index contributed by atoms with van der Waals surface area (Å²) in [6, 6.07) is 0. The van der Waals surface area contributed by atoms with E-state index in [9.17, 15) is 4.79 Å². The molecule has 56 valence electrons. The fourth-order valence-corrected chi connectivity index (χ4v) is 2.39. The maximum Gasteiger partial charge on any atom is 0.224 e. The van der Waals surface area contributed by atoms with Gasteiger partial charge >= 0.3 is 0 Å². The number of carbonyl (C=O) groups excluding carboxylic acids is 1. The van der Waals surface area contributed by atoms with E-state index in [1.165, 1.54) is 19.3 Å². The van der Waals surface area contributed by atoms with Crippen LogP contribution in [0.25, 0.3) is 0 Å². The van der Waals surface area contributed by atoms with E-state index in [1.807, 2.05) is 0 Å². The lowest BCUT2D eigenvalue weighted by atomic mass is 9.52. The molecule has 1 spiro atoms. The molecule has 0 amide bonds. The maximum atomic E-state index is 10.6. The summed E-state index contributed by atoms with van der Waals surface area (Å²) in [5.74, 6) is 0.210. The van der Waals surface area contributed by atoms with Crippen LogP contribution in [0.15, 0.2) is 0 Å². The van der Waals surface area contributed by atoms with Crippen LogP contribution in [-0.2, 0) is 4.79 Å². The first kappa shape index (κ1) is 6.66. The normalized spacial score (nSPS) is 29.3. The second-order valence-electron chi connectivity index (χ2n) is 3.76. The smallest absolute Gasteiger partial charge is 0.224 e. The van der Waals surface area contributed by atoms with Crippen LogP contribution in [0.4, 0.5) is 0 Å². The molecular formula is C8H11ClO. The molecule has 2 aliphatic rings. The molecule has 0 atom stereocenters. The lowest BCUT2D eigenvalue weighted by Gasteiger charge is -2.53. The molecule has 2 rings (SSSR count). The number of carbonyl (C=O) groups is 1. The molecule has 0 aromatic carbocycles. The number of halogens is 1. The van der Waals surface area contributed by atoms with Gasteiger partial charge in [0, 0.05) is 5.92 Å². The second kappa shape index (κ2) is 1.97. The van der Waals surface area contributed by atoms with Gasteiger partial charge in [-0.25, -0.2) is 0 Å². The van der Waals surface area contributed by atoms with Gasteiger partial charge in [0.15, 0.2) is 0 Å². The van der Waals surface area contributed by atoms with Crippen molar-refractivity contribution < 1.29 is 4.79 Å². The highest BCUT2D eigenvalue weighted by Crippen LogP contribution is 2.58. The summed E-state index contributed by atoms with van der Waals surface area (Å²) in [4.78, 5) is 10.6. The second-order valence-corrected chi connectivity index (χ2v) is 4.14. The van der Waals surface area contributed by atoms with Gasteiger partial charge in [-0.3, -0.25) is 4.79 Å². The van der Waals surface area contributed by atoms with Crippen LogP contribution in [0.3, 0.4) is 0 Å². The quantitative estimate of drug-likeness (QED) is 0.536.